The van der Waals surface area contributed by atoms with E-state index in [4.69, 9.17) is 5.11 Å². The molecule has 20 heavy (non-hydrogen) atoms. The number of nitrogens with zero attached hydrogens (tertiary/aromatic N) is 4. The Balaban J connectivity index is 2.07. The molecule has 0 aliphatic carbocycles. The molecule has 0 bridgehead atoms. The van der Waals surface area contributed by atoms with E-state index in [0.29, 0.717) is 25.2 Å². The van der Waals surface area contributed by atoms with Gasteiger partial charge in [0.25, 0.3) is 10.2 Å². The van der Waals surface area contributed by atoms with Crippen molar-refractivity contribution < 1.29 is 18.3 Å². The highest BCUT2D eigenvalue weighted by Crippen LogP contribution is 2.21. The van der Waals surface area contributed by atoms with Crippen molar-refractivity contribution in [1.29, 1.82) is 0 Å². The lowest BCUT2D eigenvalue weighted by atomic mass is 10.0. The Morgan fingerprint density at radius 3 is 3.00 bits per heavy atom. The topological polar surface area (TPSA) is 119 Å². The second-order valence-electron chi connectivity index (χ2n) is 4.73. The van der Waals surface area contributed by atoms with Crippen LogP contribution in [0.5, 0.6) is 0 Å². The van der Waals surface area contributed by atoms with E-state index in [1.165, 1.54) is 17.7 Å². The highest BCUT2D eigenvalue weighted by molar-refractivity contribution is 7.86. The fraction of sp³-hybridized carbons (Fsp3) is 0.700. The summed E-state index contributed by atoms with van der Waals surface area (Å²) in [7, 11) is -2.26. The molecule has 2 heterocycles. The SMILES string of the molecule is CN(Cc1ncn[nH]1)S(=O)(=O)N1CCCC(C(=O)O)C1. The van der Waals surface area contributed by atoms with Crippen LogP contribution in [0, 0.1) is 5.92 Å². The van der Waals surface area contributed by atoms with Gasteiger partial charge in [0.2, 0.25) is 0 Å². The van der Waals surface area contributed by atoms with Crippen molar-refractivity contribution >= 4 is 16.2 Å². The summed E-state index contributed by atoms with van der Waals surface area (Å²) in [6.07, 6.45) is 2.36. The molecule has 0 spiro atoms. The Morgan fingerprint density at radius 1 is 1.65 bits per heavy atom. The Bertz CT molecular complexity index is 558. The van der Waals surface area contributed by atoms with Gasteiger partial charge in [0.1, 0.15) is 12.2 Å². The summed E-state index contributed by atoms with van der Waals surface area (Å²) in [6.45, 7) is 0.418. The molecule has 0 radical (unpaired) electrons. The third-order valence-corrected chi connectivity index (χ3v) is 5.19. The van der Waals surface area contributed by atoms with Crippen molar-refractivity contribution in [1.82, 2.24) is 23.8 Å². The van der Waals surface area contributed by atoms with Gasteiger partial charge in [-0.2, -0.15) is 22.1 Å². The lowest BCUT2D eigenvalue weighted by molar-refractivity contribution is -0.142. The van der Waals surface area contributed by atoms with Crippen LogP contribution in [0.15, 0.2) is 6.33 Å². The van der Waals surface area contributed by atoms with E-state index in [0.717, 1.165) is 4.31 Å². The molecule has 0 saturated carbocycles. The van der Waals surface area contributed by atoms with Gasteiger partial charge >= 0.3 is 5.97 Å². The van der Waals surface area contributed by atoms with Gasteiger partial charge in [-0.15, -0.1) is 0 Å². The zero-order valence-corrected chi connectivity index (χ0v) is 11.9. The smallest absolute Gasteiger partial charge is 0.307 e. The highest BCUT2D eigenvalue weighted by Gasteiger charge is 2.34. The van der Waals surface area contributed by atoms with Crippen molar-refractivity contribution in [3.8, 4) is 0 Å². The van der Waals surface area contributed by atoms with Gasteiger partial charge in [-0.25, -0.2) is 4.98 Å². The average Bonchev–Trinajstić information content (AvgIpc) is 2.91. The number of hydrogen-bond acceptors (Lipinski definition) is 5. The number of aromatic nitrogens is 3. The number of hydrogen-bond donors (Lipinski definition) is 2. The van der Waals surface area contributed by atoms with Crippen LogP contribution in [0.1, 0.15) is 18.7 Å². The molecule has 1 saturated heterocycles. The number of carboxylic acid groups (broad SMARTS) is 1. The lowest BCUT2D eigenvalue weighted by Gasteiger charge is -2.32. The quantitative estimate of drug-likeness (QED) is 0.740. The van der Waals surface area contributed by atoms with Crippen LogP contribution < -0.4 is 0 Å². The van der Waals surface area contributed by atoms with Crippen LogP contribution in [-0.2, 0) is 21.5 Å². The largest absolute Gasteiger partial charge is 0.481 e. The molecular weight excluding hydrogens is 286 g/mol. The normalized spacial score (nSPS) is 21.2. The van der Waals surface area contributed by atoms with Crippen molar-refractivity contribution in [2.75, 3.05) is 20.1 Å². The van der Waals surface area contributed by atoms with E-state index >= 15 is 0 Å². The summed E-state index contributed by atoms with van der Waals surface area (Å²) in [5, 5.41) is 15.3. The minimum atomic E-state index is -3.69. The monoisotopic (exact) mass is 303 g/mol. The maximum atomic E-state index is 12.4. The molecule has 1 aliphatic rings. The van der Waals surface area contributed by atoms with E-state index in [-0.39, 0.29) is 13.1 Å². The standard InChI is InChI=1S/C10H17N5O4S/c1-14(6-9-11-7-12-13-9)20(18,19)15-4-2-3-8(5-15)10(16)17/h7-8H,2-6H2,1H3,(H,16,17)(H,11,12,13). The molecule has 10 heteroatoms. The molecule has 1 aromatic rings. The number of piperidine rings is 1. The first kappa shape index (κ1) is 14.9. The van der Waals surface area contributed by atoms with Crippen LogP contribution in [0.2, 0.25) is 0 Å². The Hall–Kier alpha value is -1.52. The Labute approximate surface area is 116 Å². The van der Waals surface area contributed by atoms with Crippen molar-refractivity contribution in [2.24, 2.45) is 5.92 Å². The zero-order chi connectivity index (χ0) is 14.8. The van der Waals surface area contributed by atoms with Gasteiger partial charge in [-0.3, -0.25) is 9.89 Å². The maximum Gasteiger partial charge on any atom is 0.307 e. The number of nitrogens with one attached hydrogen (secondary N) is 1. The van der Waals surface area contributed by atoms with E-state index < -0.39 is 22.1 Å². The van der Waals surface area contributed by atoms with E-state index in [1.54, 1.807) is 0 Å². The van der Waals surface area contributed by atoms with Crippen molar-refractivity contribution in [2.45, 2.75) is 19.4 Å². The third kappa shape index (κ3) is 3.14. The first-order chi connectivity index (χ1) is 9.41. The van der Waals surface area contributed by atoms with Crippen LogP contribution in [0.3, 0.4) is 0 Å². The van der Waals surface area contributed by atoms with Gasteiger partial charge in [0, 0.05) is 20.1 Å². The van der Waals surface area contributed by atoms with Gasteiger partial charge in [0.05, 0.1) is 12.5 Å². The summed E-state index contributed by atoms with van der Waals surface area (Å²) >= 11 is 0. The Morgan fingerprint density at radius 2 is 2.40 bits per heavy atom. The fourth-order valence-electron chi connectivity index (χ4n) is 2.15. The van der Waals surface area contributed by atoms with Gasteiger partial charge in [0.15, 0.2) is 0 Å². The maximum absolute atomic E-state index is 12.4. The first-order valence-corrected chi connectivity index (χ1v) is 7.59. The number of aromatic amines is 1. The molecule has 2 rings (SSSR count). The molecular formula is C10H17N5O4S. The van der Waals surface area contributed by atoms with E-state index in [9.17, 15) is 13.2 Å². The lowest BCUT2D eigenvalue weighted by Crippen LogP contribution is -2.47. The van der Waals surface area contributed by atoms with Crippen LogP contribution >= 0.6 is 0 Å². The number of carbonyl (C=O) groups is 1. The fourth-order valence-corrected chi connectivity index (χ4v) is 3.56. The predicted molar refractivity (Wildman–Crippen MR) is 68.7 cm³/mol. The number of carboxylic acids is 1. The second kappa shape index (κ2) is 5.85. The number of rotatable bonds is 5. The summed E-state index contributed by atoms with van der Waals surface area (Å²) in [5.41, 5.74) is 0. The summed E-state index contributed by atoms with van der Waals surface area (Å²) < 4.78 is 27.1. The molecule has 1 fully saturated rings. The predicted octanol–water partition coefficient (Wildman–Crippen LogP) is -0.722. The van der Waals surface area contributed by atoms with Crippen molar-refractivity contribution in [3.63, 3.8) is 0 Å². The first-order valence-electron chi connectivity index (χ1n) is 6.19. The third-order valence-electron chi connectivity index (χ3n) is 3.29. The zero-order valence-electron chi connectivity index (χ0n) is 11.1. The summed E-state index contributed by atoms with van der Waals surface area (Å²) in [5.74, 6) is -1.16. The molecule has 1 aromatic heterocycles. The molecule has 112 valence electrons. The summed E-state index contributed by atoms with van der Waals surface area (Å²) in [4.78, 5) is 14.9. The van der Waals surface area contributed by atoms with Crippen molar-refractivity contribution in [3.05, 3.63) is 12.2 Å². The molecule has 2 N–H and O–H groups in total. The van der Waals surface area contributed by atoms with E-state index in [2.05, 4.69) is 15.2 Å². The minimum absolute atomic E-state index is 0.0123. The average molecular weight is 303 g/mol. The van der Waals surface area contributed by atoms with Crippen LogP contribution in [0.4, 0.5) is 0 Å². The second-order valence-corrected chi connectivity index (χ2v) is 6.77. The molecule has 1 unspecified atom stereocenters. The van der Waals surface area contributed by atoms with Gasteiger partial charge < -0.3 is 5.11 Å². The Kier molecular flexibility index (Phi) is 4.35. The molecule has 9 nitrogen and oxygen atoms in total. The van der Waals surface area contributed by atoms with Crippen LogP contribution in [0.25, 0.3) is 0 Å². The molecule has 1 aliphatic heterocycles. The number of aliphatic carboxylic acids is 1. The molecule has 0 aromatic carbocycles. The molecule has 1 atom stereocenters. The van der Waals surface area contributed by atoms with E-state index in [1.807, 2.05) is 0 Å². The van der Waals surface area contributed by atoms with Gasteiger partial charge in [-0.1, -0.05) is 0 Å². The van der Waals surface area contributed by atoms with Crippen LogP contribution in [-0.4, -0.2) is 63.4 Å². The molecule has 0 amide bonds. The summed E-state index contributed by atoms with van der Waals surface area (Å²) in [6, 6.07) is 0. The minimum Gasteiger partial charge on any atom is -0.481 e. The number of H-pyrrole nitrogens is 1. The highest BCUT2D eigenvalue weighted by atomic mass is 32.2. The van der Waals surface area contributed by atoms with Gasteiger partial charge in [-0.05, 0) is 12.8 Å².